The van der Waals surface area contributed by atoms with Crippen LogP contribution in [0.4, 0.5) is 0 Å². The van der Waals surface area contributed by atoms with Crippen molar-refractivity contribution in [3.05, 3.63) is 82.2 Å². The summed E-state index contributed by atoms with van der Waals surface area (Å²) in [7, 11) is 0. The fourth-order valence-electron chi connectivity index (χ4n) is 4.72. The normalized spacial score (nSPS) is 20.8. The second kappa shape index (κ2) is 8.10. The maximum absolute atomic E-state index is 13.2. The van der Waals surface area contributed by atoms with Crippen molar-refractivity contribution >= 4 is 11.4 Å². The highest BCUT2D eigenvalue weighted by Gasteiger charge is 2.33. The molecule has 0 saturated carbocycles. The third-order valence-electron chi connectivity index (χ3n) is 6.27. The SMILES string of the molecule is CC1=CC(C)C=C1c1ccc(CC2Cc3ccnc(CCC(C)C)c3C2=O)cc1. The third kappa shape index (κ3) is 4.12. The molecule has 2 aliphatic rings. The van der Waals surface area contributed by atoms with Crippen LogP contribution in [-0.4, -0.2) is 10.8 Å². The van der Waals surface area contributed by atoms with Crippen molar-refractivity contribution in [2.45, 2.75) is 53.4 Å². The van der Waals surface area contributed by atoms with Gasteiger partial charge in [-0.05, 0) is 78.3 Å². The molecule has 0 spiro atoms. The van der Waals surface area contributed by atoms with E-state index in [-0.39, 0.29) is 5.92 Å². The van der Waals surface area contributed by atoms with Gasteiger partial charge in [-0.3, -0.25) is 9.78 Å². The van der Waals surface area contributed by atoms with E-state index < -0.39 is 0 Å². The molecule has 0 radical (unpaired) electrons. The molecular weight excluding hydrogens is 354 g/mol. The van der Waals surface area contributed by atoms with Crippen molar-refractivity contribution in [2.24, 2.45) is 17.8 Å². The lowest BCUT2D eigenvalue weighted by Gasteiger charge is -2.11. The third-order valence-corrected chi connectivity index (χ3v) is 6.27. The van der Waals surface area contributed by atoms with Gasteiger partial charge >= 0.3 is 0 Å². The minimum Gasteiger partial charge on any atom is -0.294 e. The summed E-state index contributed by atoms with van der Waals surface area (Å²) in [5.41, 5.74) is 8.32. The lowest BCUT2D eigenvalue weighted by Crippen LogP contribution is -2.14. The molecule has 0 amide bonds. The van der Waals surface area contributed by atoms with Crippen LogP contribution in [0, 0.1) is 17.8 Å². The van der Waals surface area contributed by atoms with Gasteiger partial charge in [-0.25, -0.2) is 0 Å². The van der Waals surface area contributed by atoms with Gasteiger partial charge in [0.25, 0.3) is 0 Å². The number of carbonyl (C=O) groups is 1. The largest absolute Gasteiger partial charge is 0.294 e. The van der Waals surface area contributed by atoms with Crippen LogP contribution in [0.25, 0.3) is 5.57 Å². The van der Waals surface area contributed by atoms with Crippen molar-refractivity contribution in [3.8, 4) is 0 Å². The molecule has 0 fully saturated rings. The van der Waals surface area contributed by atoms with Crippen LogP contribution in [0.5, 0.6) is 0 Å². The van der Waals surface area contributed by atoms with Crippen molar-refractivity contribution < 1.29 is 4.79 Å². The molecule has 0 bridgehead atoms. The molecule has 0 saturated heterocycles. The Labute approximate surface area is 174 Å². The highest BCUT2D eigenvalue weighted by Crippen LogP contribution is 2.34. The van der Waals surface area contributed by atoms with Gasteiger partial charge in [0.15, 0.2) is 5.78 Å². The number of fused-ring (bicyclic) bond motifs is 1. The number of ketones is 1. The summed E-state index contributed by atoms with van der Waals surface area (Å²) in [6.07, 6.45) is 10.1. The van der Waals surface area contributed by atoms with Crippen LogP contribution in [-0.2, 0) is 19.3 Å². The molecule has 2 heteroatoms. The Morgan fingerprint density at radius 2 is 1.86 bits per heavy atom. The van der Waals surface area contributed by atoms with Gasteiger partial charge in [0.2, 0.25) is 0 Å². The highest BCUT2D eigenvalue weighted by molar-refractivity contribution is 6.03. The predicted molar refractivity (Wildman–Crippen MR) is 120 cm³/mol. The second-order valence-electron chi connectivity index (χ2n) is 9.18. The molecule has 4 rings (SSSR count). The Kier molecular flexibility index (Phi) is 5.54. The lowest BCUT2D eigenvalue weighted by molar-refractivity contribution is 0.0935. The first kappa shape index (κ1) is 19.8. The van der Waals surface area contributed by atoms with E-state index >= 15 is 0 Å². The Morgan fingerprint density at radius 3 is 2.52 bits per heavy atom. The van der Waals surface area contributed by atoms with E-state index in [1.165, 1.54) is 27.8 Å². The minimum absolute atomic E-state index is 0.0465. The number of hydrogen-bond donors (Lipinski definition) is 0. The van der Waals surface area contributed by atoms with Gasteiger partial charge in [0, 0.05) is 17.7 Å². The van der Waals surface area contributed by atoms with Crippen molar-refractivity contribution in [1.29, 1.82) is 0 Å². The number of aryl methyl sites for hydroxylation is 1. The lowest BCUT2D eigenvalue weighted by atomic mass is 9.93. The van der Waals surface area contributed by atoms with E-state index in [0.29, 0.717) is 17.6 Å². The maximum Gasteiger partial charge on any atom is 0.168 e. The average Bonchev–Trinajstić information content (AvgIpc) is 3.19. The zero-order valence-electron chi connectivity index (χ0n) is 18.0. The number of nitrogens with zero attached hydrogens (tertiary/aromatic N) is 1. The van der Waals surface area contributed by atoms with Crippen LogP contribution in [0.1, 0.15) is 66.9 Å². The summed E-state index contributed by atoms with van der Waals surface area (Å²) in [5, 5.41) is 0. The van der Waals surface area contributed by atoms with E-state index in [9.17, 15) is 4.79 Å². The van der Waals surface area contributed by atoms with Crippen LogP contribution >= 0.6 is 0 Å². The number of aromatic nitrogens is 1. The van der Waals surface area contributed by atoms with E-state index in [1.54, 1.807) is 0 Å². The quantitative estimate of drug-likeness (QED) is 0.588. The Hall–Kier alpha value is -2.48. The van der Waals surface area contributed by atoms with Gasteiger partial charge in [0.05, 0.1) is 5.69 Å². The fraction of sp³-hybridized carbons (Fsp3) is 0.407. The maximum atomic E-state index is 13.2. The summed E-state index contributed by atoms with van der Waals surface area (Å²) < 4.78 is 0. The molecule has 0 aliphatic heterocycles. The molecule has 1 aromatic heterocycles. The molecular formula is C27H31NO. The molecule has 2 nitrogen and oxygen atoms in total. The Bertz CT molecular complexity index is 978. The smallest absolute Gasteiger partial charge is 0.168 e. The zero-order chi connectivity index (χ0) is 20.5. The minimum atomic E-state index is 0.0465. The van der Waals surface area contributed by atoms with Gasteiger partial charge < -0.3 is 0 Å². The standard InChI is InChI=1S/C27H31NO/c1-17(2)5-10-25-26-22(11-12-28-25)16-23(27(26)29)15-20-6-8-21(9-7-20)24-14-18(3)13-19(24)4/h6-9,11-14,17-18,23H,5,10,15-16H2,1-4H3. The zero-order valence-corrected chi connectivity index (χ0v) is 18.0. The predicted octanol–water partition coefficient (Wildman–Crippen LogP) is 6.25. The summed E-state index contributed by atoms with van der Waals surface area (Å²) >= 11 is 0. The number of hydrogen-bond acceptors (Lipinski definition) is 2. The Balaban J connectivity index is 1.48. The molecule has 0 N–H and O–H groups in total. The number of rotatable bonds is 6. The van der Waals surface area contributed by atoms with Crippen LogP contribution < -0.4 is 0 Å². The number of Topliss-reactive ketones (excluding diaryl/α,β-unsaturated/α-hetero) is 1. The topological polar surface area (TPSA) is 30.0 Å². The average molecular weight is 386 g/mol. The van der Waals surface area contributed by atoms with Gasteiger partial charge in [0.1, 0.15) is 0 Å². The molecule has 2 unspecified atom stereocenters. The van der Waals surface area contributed by atoms with E-state index in [1.807, 2.05) is 12.3 Å². The first-order chi connectivity index (χ1) is 13.9. The van der Waals surface area contributed by atoms with Gasteiger partial charge in [-0.2, -0.15) is 0 Å². The molecule has 1 heterocycles. The molecule has 1 aromatic carbocycles. The molecule has 29 heavy (non-hydrogen) atoms. The monoisotopic (exact) mass is 385 g/mol. The van der Waals surface area contributed by atoms with E-state index in [2.05, 4.69) is 69.1 Å². The summed E-state index contributed by atoms with van der Waals surface area (Å²) in [6.45, 7) is 8.84. The first-order valence-corrected chi connectivity index (χ1v) is 10.9. The number of carbonyl (C=O) groups excluding carboxylic acids is 1. The first-order valence-electron chi connectivity index (χ1n) is 10.9. The van der Waals surface area contributed by atoms with E-state index in [4.69, 9.17) is 0 Å². The second-order valence-corrected chi connectivity index (χ2v) is 9.18. The fourth-order valence-corrected chi connectivity index (χ4v) is 4.72. The number of pyridine rings is 1. The van der Waals surface area contributed by atoms with Crippen molar-refractivity contribution in [3.63, 3.8) is 0 Å². The van der Waals surface area contributed by atoms with Crippen molar-refractivity contribution in [2.75, 3.05) is 0 Å². The number of allylic oxidation sites excluding steroid dienone is 4. The van der Waals surface area contributed by atoms with Crippen molar-refractivity contribution in [1.82, 2.24) is 4.98 Å². The summed E-state index contributed by atoms with van der Waals surface area (Å²) in [6, 6.07) is 10.8. The summed E-state index contributed by atoms with van der Waals surface area (Å²) in [5.74, 6) is 1.47. The highest BCUT2D eigenvalue weighted by atomic mass is 16.1. The van der Waals surface area contributed by atoms with Crippen LogP contribution in [0.2, 0.25) is 0 Å². The van der Waals surface area contributed by atoms with Crippen LogP contribution in [0.3, 0.4) is 0 Å². The van der Waals surface area contributed by atoms with E-state index in [0.717, 1.165) is 36.9 Å². The van der Waals surface area contributed by atoms with Crippen LogP contribution in [0.15, 0.2) is 54.3 Å². The molecule has 2 aliphatic carbocycles. The van der Waals surface area contributed by atoms with Gasteiger partial charge in [-0.15, -0.1) is 0 Å². The molecule has 2 atom stereocenters. The van der Waals surface area contributed by atoms with Gasteiger partial charge in [-0.1, -0.05) is 57.2 Å². The molecule has 2 aromatic rings. The Morgan fingerprint density at radius 1 is 1.10 bits per heavy atom. The summed E-state index contributed by atoms with van der Waals surface area (Å²) in [4.78, 5) is 17.7. The molecule has 150 valence electrons. The number of benzene rings is 1.